The number of allylic oxidation sites excluding steroid dienone is 2. The number of carboxylic acid groups (broad SMARTS) is 1. The molecule has 0 radical (unpaired) electrons. The average molecular weight is 350 g/mol. The van der Waals surface area contributed by atoms with Crippen molar-refractivity contribution in [1.82, 2.24) is 0 Å². The van der Waals surface area contributed by atoms with Gasteiger partial charge in [0.1, 0.15) is 5.78 Å². The number of hydrogen-bond donors (Lipinski definition) is 2. The van der Waals surface area contributed by atoms with Crippen LogP contribution in [0.3, 0.4) is 0 Å². The Morgan fingerprint density at radius 3 is 2.72 bits per heavy atom. The molecule has 0 heterocycles. The Morgan fingerprint density at radius 1 is 1.24 bits per heavy atom. The molecule has 1 fully saturated rings. The van der Waals surface area contributed by atoms with Gasteiger partial charge in [0.15, 0.2) is 0 Å². The minimum atomic E-state index is -0.737. The maximum Gasteiger partial charge on any atom is 0.303 e. The van der Waals surface area contributed by atoms with Gasteiger partial charge in [-0.15, -0.1) is 0 Å². The maximum absolute atomic E-state index is 12.1. The highest BCUT2D eigenvalue weighted by Gasteiger charge is 2.32. The van der Waals surface area contributed by atoms with E-state index in [1.165, 1.54) is 0 Å². The van der Waals surface area contributed by atoms with Crippen molar-refractivity contribution in [3.05, 3.63) is 24.3 Å². The summed E-state index contributed by atoms with van der Waals surface area (Å²) in [6.45, 7) is 2.13. The third kappa shape index (κ3) is 9.59. The number of unbranched alkanes of at least 4 members (excludes halogenated alkanes) is 4. The number of carbonyl (C=O) groups is 2. The van der Waals surface area contributed by atoms with Crippen molar-refractivity contribution in [3.8, 4) is 0 Å². The highest BCUT2D eigenvalue weighted by Crippen LogP contribution is 2.34. The Labute approximate surface area is 152 Å². The van der Waals surface area contributed by atoms with Gasteiger partial charge in [-0.1, -0.05) is 56.9 Å². The maximum atomic E-state index is 12.1. The number of carbonyl (C=O) groups excluding carboxylic acids is 1. The lowest BCUT2D eigenvalue weighted by Crippen LogP contribution is -2.14. The Kier molecular flexibility index (Phi) is 11.1. The summed E-state index contributed by atoms with van der Waals surface area (Å²) in [5, 5.41) is 18.6. The largest absolute Gasteiger partial charge is 0.481 e. The topological polar surface area (TPSA) is 74.6 Å². The Bertz CT molecular complexity index is 453. The Morgan fingerprint density at radius 2 is 2.00 bits per heavy atom. The van der Waals surface area contributed by atoms with Gasteiger partial charge >= 0.3 is 5.97 Å². The summed E-state index contributed by atoms with van der Waals surface area (Å²) in [6, 6.07) is 0. The zero-order chi connectivity index (χ0) is 18.5. The molecule has 1 saturated carbocycles. The van der Waals surface area contributed by atoms with Crippen molar-refractivity contribution in [3.63, 3.8) is 0 Å². The zero-order valence-corrected chi connectivity index (χ0v) is 15.5. The first kappa shape index (κ1) is 21.6. The number of Topliss-reactive ketones (excluding diaryl/α,β-unsaturated/α-hetero) is 1. The van der Waals surface area contributed by atoms with E-state index in [1.807, 2.05) is 18.2 Å². The SMILES string of the molecule is CCC/C=C\CC(O)/C=C\[C@@H]1CCC(=O)[C@H]1CCCCCCC(=O)O. The van der Waals surface area contributed by atoms with Crippen LogP contribution in [0.2, 0.25) is 0 Å². The molecule has 3 atom stereocenters. The fourth-order valence-electron chi connectivity index (χ4n) is 3.40. The van der Waals surface area contributed by atoms with Gasteiger partial charge < -0.3 is 10.2 Å². The van der Waals surface area contributed by atoms with E-state index in [0.29, 0.717) is 18.6 Å². The fraction of sp³-hybridized carbons (Fsp3) is 0.714. The van der Waals surface area contributed by atoms with Gasteiger partial charge in [-0.05, 0) is 38.0 Å². The lowest BCUT2D eigenvalue weighted by molar-refractivity contribution is -0.137. The summed E-state index contributed by atoms with van der Waals surface area (Å²) in [4.78, 5) is 22.6. The smallest absolute Gasteiger partial charge is 0.303 e. The summed E-state index contributed by atoms with van der Waals surface area (Å²) in [5.74, 6) is -0.0591. The van der Waals surface area contributed by atoms with Crippen molar-refractivity contribution in [2.75, 3.05) is 0 Å². The molecule has 1 aliphatic carbocycles. The molecule has 0 spiro atoms. The number of rotatable bonds is 13. The molecule has 0 saturated heterocycles. The molecule has 0 aromatic heterocycles. The van der Waals surface area contributed by atoms with Crippen LogP contribution in [0.4, 0.5) is 0 Å². The highest BCUT2D eigenvalue weighted by molar-refractivity contribution is 5.83. The molecule has 0 aliphatic heterocycles. The normalized spacial score (nSPS) is 22.2. The van der Waals surface area contributed by atoms with Crippen LogP contribution in [0.25, 0.3) is 0 Å². The fourth-order valence-corrected chi connectivity index (χ4v) is 3.40. The predicted octanol–water partition coefficient (Wildman–Crippen LogP) is 4.67. The molecular formula is C21H34O4. The van der Waals surface area contributed by atoms with E-state index in [4.69, 9.17) is 5.11 Å². The molecule has 142 valence electrons. The van der Waals surface area contributed by atoms with E-state index in [-0.39, 0.29) is 18.3 Å². The second kappa shape index (κ2) is 12.9. The molecule has 0 aromatic rings. The predicted molar refractivity (Wildman–Crippen MR) is 100 cm³/mol. The van der Waals surface area contributed by atoms with Crippen LogP contribution in [0.5, 0.6) is 0 Å². The standard InChI is InChI=1S/C21H34O4/c1-2-3-4-7-10-18(22)15-13-17-14-16-20(23)19(17)11-8-5-6-9-12-21(24)25/h4,7,13,15,17-19,22H,2-3,5-6,8-12,14,16H2,1H3,(H,24,25)/b7-4-,15-13-/t17-,18?,19+/m1/s1. The lowest BCUT2D eigenvalue weighted by Gasteiger charge is -2.15. The monoisotopic (exact) mass is 350 g/mol. The third-order valence-corrected chi connectivity index (χ3v) is 4.89. The van der Waals surface area contributed by atoms with E-state index in [0.717, 1.165) is 51.4 Å². The Balaban J connectivity index is 2.31. The van der Waals surface area contributed by atoms with Gasteiger partial charge in [0, 0.05) is 18.8 Å². The zero-order valence-electron chi connectivity index (χ0n) is 15.5. The molecule has 0 aromatic carbocycles. The molecule has 4 heteroatoms. The highest BCUT2D eigenvalue weighted by atomic mass is 16.4. The second-order valence-electron chi connectivity index (χ2n) is 7.07. The summed E-state index contributed by atoms with van der Waals surface area (Å²) in [5.41, 5.74) is 0. The van der Waals surface area contributed by atoms with Crippen molar-refractivity contribution in [2.24, 2.45) is 11.8 Å². The number of hydrogen-bond acceptors (Lipinski definition) is 3. The van der Waals surface area contributed by atoms with E-state index >= 15 is 0 Å². The van der Waals surface area contributed by atoms with E-state index < -0.39 is 12.1 Å². The van der Waals surface area contributed by atoms with Crippen LogP contribution < -0.4 is 0 Å². The Hall–Kier alpha value is -1.42. The first-order chi connectivity index (χ1) is 12.0. The minimum absolute atomic E-state index is 0.0820. The van der Waals surface area contributed by atoms with Crippen LogP contribution in [-0.4, -0.2) is 28.1 Å². The van der Waals surface area contributed by atoms with Crippen molar-refractivity contribution in [2.45, 2.75) is 83.7 Å². The molecule has 4 nitrogen and oxygen atoms in total. The molecule has 0 amide bonds. The number of carboxylic acids is 1. The molecule has 1 unspecified atom stereocenters. The molecule has 25 heavy (non-hydrogen) atoms. The van der Waals surface area contributed by atoms with Gasteiger partial charge in [-0.25, -0.2) is 0 Å². The summed E-state index contributed by atoms with van der Waals surface area (Å²) in [6.07, 6.45) is 16.6. The van der Waals surface area contributed by atoms with Crippen LogP contribution in [-0.2, 0) is 9.59 Å². The van der Waals surface area contributed by atoms with Crippen molar-refractivity contribution in [1.29, 1.82) is 0 Å². The minimum Gasteiger partial charge on any atom is -0.481 e. The summed E-state index contributed by atoms with van der Waals surface area (Å²) < 4.78 is 0. The molecule has 2 N–H and O–H groups in total. The first-order valence-corrected chi connectivity index (χ1v) is 9.80. The third-order valence-electron chi connectivity index (χ3n) is 4.89. The lowest BCUT2D eigenvalue weighted by atomic mass is 9.89. The molecule has 1 aliphatic rings. The van der Waals surface area contributed by atoms with Gasteiger partial charge in [-0.2, -0.15) is 0 Å². The second-order valence-corrected chi connectivity index (χ2v) is 7.07. The van der Waals surface area contributed by atoms with Crippen LogP contribution >= 0.6 is 0 Å². The van der Waals surface area contributed by atoms with Crippen LogP contribution in [0.1, 0.15) is 77.6 Å². The van der Waals surface area contributed by atoms with Gasteiger partial charge in [0.05, 0.1) is 6.10 Å². The van der Waals surface area contributed by atoms with Crippen LogP contribution in [0, 0.1) is 11.8 Å². The number of aliphatic hydroxyl groups excluding tert-OH is 1. The van der Waals surface area contributed by atoms with Gasteiger partial charge in [0.2, 0.25) is 0 Å². The van der Waals surface area contributed by atoms with E-state index in [1.54, 1.807) is 0 Å². The molecular weight excluding hydrogens is 316 g/mol. The molecule has 0 bridgehead atoms. The van der Waals surface area contributed by atoms with E-state index in [9.17, 15) is 14.7 Å². The van der Waals surface area contributed by atoms with Gasteiger partial charge in [0.25, 0.3) is 0 Å². The summed E-state index contributed by atoms with van der Waals surface area (Å²) in [7, 11) is 0. The van der Waals surface area contributed by atoms with Crippen molar-refractivity contribution >= 4 is 11.8 Å². The number of ketones is 1. The van der Waals surface area contributed by atoms with Crippen molar-refractivity contribution < 1.29 is 19.8 Å². The number of aliphatic hydroxyl groups is 1. The quantitative estimate of drug-likeness (QED) is 0.374. The van der Waals surface area contributed by atoms with E-state index in [2.05, 4.69) is 13.0 Å². The summed E-state index contributed by atoms with van der Waals surface area (Å²) >= 11 is 0. The van der Waals surface area contributed by atoms with Gasteiger partial charge in [-0.3, -0.25) is 9.59 Å². The first-order valence-electron chi connectivity index (χ1n) is 9.80. The number of aliphatic carboxylic acids is 1. The average Bonchev–Trinajstić information content (AvgIpc) is 2.93. The molecule has 1 rings (SSSR count). The van der Waals surface area contributed by atoms with Crippen LogP contribution in [0.15, 0.2) is 24.3 Å².